The third kappa shape index (κ3) is 4.06. The number of benzene rings is 2. The van der Waals surface area contributed by atoms with Crippen molar-refractivity contribution in [3.8, 4) is 17.4 Å². The number of amides is 1. The minimum Gasteiger partial charge on any atom is -0.457 e. The van der Waals surface area contributed by atoms with Gasteiger partial charge < -0.3 is 9.73 Å². The number of fused-ring (bicyclic) bond motifs is 1. The number of carbonyl (C=O) groups excluding carboxylic acids is 1. The molecule has 0 unspecified atom stereocenters. The van der Waals surface area contributed by atoms with Crippen LogP contribution >= 0.6 is 23.2 Å². The molecule has 1 amide bonds. The van der Waals surface area contributed by atoms with Gasteiger partial charge in [0.2, 0.25) is 0 Å². The van der Waals surface area contributed by atoms with E-state index in [0.717, 1.165) is 5.39 Å². The van der Waals surface area contributed by atoms with E-state index in [1.54, 1.807) is 42.6 Å². The van der Waals surface area contributed by atoms with Crippen molar-refractivity contribution >= 4 is 51.8 Å². The first-order valence-corrected chi connectivity index (χ1v) is 9.63. The van der Waals surface area contributed by atoms with Gasteiger partial charge in [-0.05, 0) is 42.5 Å². The topological polar surface area (TPSA) is 78.9 Å². The Morgan fingerprint density at radius 3 is 2.73 bits per heavy atom. The summed E-state index contributed by atoms with van der Waals surface area (Å²) in [6, 6.07) is 19.5. The van der Waals surface area contributed by atoms with Gasteiger partial charge in [0.1, 0.15) is 23.2 Å². The zero-order valence-corrected chi connectivity index (χ0v) is 16.9. The molecule has 4 rings (SSSR count). The molecular formula is C23H13Cl2N3O2. The fourth-order valence-corrected chi connectivity index (χ4v) is 3.45. The molecule has 0 saturated carbocycles. The quantitative estimate of drug-likeness (QED) is 0.300. The highest BCUT2D eigenvalue weighted by Gasteiger charge is 2.14. The van der Waals surface area contributed by atoms with Gasteiger partial charge in [-0.15, -0.1) is 0 Å². The van der Waals surface area contributed by atoms with Gasteiger partial charge in [-0.1, -0.05) is 41.4 Å². The fraction of sp³-hybridized carbons (Fsp3) is 0. The number of furan rings is 1. The molecule has 0 atom stereocenters. The normalized spacial score (nSPS) is 11.3. The van der Waals surface area contributed by atoms with Crippen LogP contribution in [-0.2, 0) is 4.79 Å². The van der Waals surface area contributed by atoms with Crippen LogP contribution in [0.15, 0.2) is 76.9 Å². The van der Waals surface area contributed by atoms with Gasteiger partial charge in [-0.2, -0.15) is 5.26 Å². The predicted molar refractivity (Wildman–Crippen MR) is 118 cm³/mol. The number of hydrogen-bond donors (Lipinski definition) is 1. The molecule has 146 valence electrons. The van der Waals surface area contributed by atoms with E-state index in [1.807, 2.05) is 30.3 Å². The van der Waals surface area contributed by atoms with Gasteiger partial charge in [0.15, 0.2) is 0 Å². The number of carbonyl (C=O) groups is 1. The summed E-state index contributed by atoms with van der Waals surface area (Å²) >= 11 is 12.1. The van der Waals surface area contributed by atoms with Crippen LogP contribution in [-0.4, -0.2) is 10.9 Å². The number of halogens is 2. The largest absolute Gasteiger partial charge is 0.457 e. The van der Waals surface area contributed by atoms with Crippen LogP contribution in [0, 0.1) is 11.3 Å². The van der Waals surface area contributed by atoms with E-state index in [4.69, 9.17) is 27.6 Å². The minimum atomic E-state index is -0.557. The van der Waals surface area contributed by atoms with Crippen molar-refractivity contribution in [3.05, 3.63) is 88.2 Å². The molecule has 30 heavy (non-hydrogen) atoms. The number of rotatable bonds is 4. The predicted octanol–water partition coefficient (Wildman–Crippen LogP) is 6.35. The number of nitrogens with one attached hydrogen (secondary N) is 1. The Labute approximate surface area is 182 Å². The summed E-state index contributed by atoms with van der Waals surface area (Å²) in [7, 11) is 0. The molecule has 0 spiro atoms. The third-order valence-electron chi connectivity index (χ3n) is 4.36. The average Bonchev–Trinajstić information content (AvgIpc) is 3.20. The molecule has 7 heteroatoms. The number of aromatic nitrogens is 1. The standard InChI is InChI=1S/C23H13Cl2N3O2/c24-16-6-8-18(19(25)12-16)21-9-7-17(30-21)11-15(13-26)23(29)28-20-5-1-3-14-4-2-10-27-22(14)20/h1-12H,(H,28,29)/b15-11-. The summed E-state index contributed by atoms with van der Waals surface area (Å²) in [5.41, 5.74) is 1.71. The molecule has 5 nitrogen and oxygen atoms in total. The highest BCUT2D eigenvalue weighted by atomic mass is 35.5. The second-order valence-electron chi connectivity index (χ2n) is 6.33. The lowest BCUT2D eigenvalue weighted by molar-refractivity contribution is -0.112. The molecule has 0 saturated heterocycles. The first kappa shape index (κ1) is 19.7. The number of anilines is 1. The fourth-order valence-electron chi connectivity index (χ4n) is 2.95. The minimum absolute atomic E-state index is 0.106. The van der Waals surface area contributed by atoms with Crippen LogP contribution in [0.3, 0.4) is 0 Å². The number of nitriles is 1. The molecule has 2 heterocycles. The summed E-state index contributed by atoms with van der Waals surface area (Å²) in [4.78, 5) is 17.0. The van der Waals surface area contributed by atoms with Gasteiger partial charge >= 0.3 is 0 Å². The molecule has 0 fully saturated rings. The molecule has 0 aliphatic heterocycles. The Balaban J connectivity index is 1.60. The lowest BCUT2D eigenvalue weighted by Gasteiger charge is -2.07. The first-order valence-electron chi connectivity index (χ1n) is 8.87. The van der Waals surface area contributed by atoms with Crippen LogP contribution in [0.5, 0.6) is 0 Å². The van der Waals surface area contributed by atoms with Crippen LogP contribution in [0.25, 0.3) is 28.3 Å². The highest BCUT2D eigenvalue weighted by molar-refractivity contribution is 6.36. The van der Waals surface area contributed by atoms with Crippen LogP contribution < -0.4 is 5.32 Å². The second kappa shape index (κ2) is 8.42. The van der Waals surface area contributed by atoms with Crippen LogP contribution in [0.2, 0.25) is 10.0 Å². The third-order valence-corrected chi connectivity index (χ3v) is 4.90. The molecular weight excluding hydrogens is 421 g/mol. The van der Waals surface area contributed by atoms with Gasteiger partial charge in [-0.25, -0.2) is 0 Å². The molecule has 2 aromatic heterocycles. The number of nitrogens with zero attached hydrogens (tertiary/aromatic N) is 2. The van der Waals surface area contributed by atoms with Crippen LogP contribution in [0.4, 0.5) is 5.69 Å². The lowest BCUT2D eigenvalue weighted by Crippen LogP contribution is -2.13. The van der Waals surface area contributed by atoms with Crippen molar-refractivity contribution in [2.75, 3.05) is 5.32 Å². The Bertz CT molecular complexity index is 1330. The molecule has 0 aliphatic carbocycles. The zero-order valence-electron chi connectivity index (χ0n) is 15.4. The van der Waals surface area contributed by atoms with Crippen molar-refractivity contribution in [2.45, 2.75) is 0 Å². The van der Waals surface area contributed by atoms with Gasteiger partial charge in [-0.3, -0.25) is 9.78 Å². The number of para-hydroxylation sites is 1. The molecule has 1 N–H and O–H groups in total. The number of hydrogen-bond acceptors (Lipinski definition) is 4. The van der Waals surface area contributed by atoms with E-state index < -0.39 is 5.91 Å². The van der Waals surface area contributed by atoms with Gasteiger partial charge in [0.05, 0.1) is 16.2 Å². The average molecular weight is 434 g/mol. The Hall–Kier alpha value is -3.59. The van der Waals surface area contributed by atoms with Crippen molar-refractivity contribution in [3.63, 3.8) is 0 Å². The maximum absolute atomic E-state index is 12.7. The molecule has 0 aliphatic rings. The van der Waals surface area contributed by atoms with E-state index in [2.05, 4.69) is 10.3 Å². The van der Waals surface area contributed by atoms with E-state index >= 15 is 0 Å². The van der Waals surface area contributed by atoms with Gasteiger partial charge in [0, 0.05) is 28.2 Å². The van der Waals surface area contributed by atoms with E-state index in [0.29, 0.717) is 38.3 Å². The smallest absolute Gasteiger partial charge is 0.266 e. The van der Waals surface area contributed by atoms with Crippen LogP contribution in [0.1, 0.15) is 5.76 Å². The second-order valence-corrected chi connectivity index (χ2v) is 7.17. The van der Waals surface area contributed by atoms with E-state index in [9.17, 15) is 10.1 Å². The highest BCUT2D eigenvalue weighted by Crippen LogP contribution is 2.32. The maximum atomic E-state index is 12.7. The van der Waals surface area contributed by atoms with Crippen molar-refractivity contribution in [1.82, 2.24) is 4.98 Å². The van der Waals surface area contributed by atoms with Gasteiger partial charge in [0.25, 0.3) is 5.91 Å². The van der Waals surface area contributed by atoms with Crippen molar-refractivity contribution < 1.29 is 9.21 Å². The lowest BCUT2D eigenvalue weighted by atomic mass is 10.1. The van der Waals surface area contributed by atoms with Crippen molar-refractivity contribution in [2.24, 2.45) is 0 Å². The summed E-state index contributed by atoms with van der Waals surface area (Å²) in [5.74, 6) is 0.288. The molecule has 0 bridgehead atoms. The summed E-state index contributed by atoms with van der Waals surface area (Å²) in [6.07, 6.45) is 3.02. The summed E-state index contributed by atoms with van der Waals surface area (Å²) < 4.78 is 5.75. The Morgan fingerprint density at radius 1 is 1.10 bits per heavy atom. The SMILES string of the molecule is N#C/C(=C/c1ccc(-c2ccc(Cl)cc2Cl)o1)C(=O)Nc1cccc2cccnc12. The van der Waals surface area contributed by atoms with E-state index in [1.165, 1.54) is 6.08 Å². The Kier molecular flexibility index (Phi) is 5.53. The first-order chi connectivity index (χ1) is 14.5. The maximum Gasteiger partial charge on any atom is 0.266 e. The monoisotopic (exact) mass is 433 g/mol. The number of pyridine rings is 1. The molecule has 4 aromatic rings. The van der Waals surface area contributed by atoms with Crippen molar-refractivity contribution in [1.29, 1.82) is 5.26 Å². The summed E-state index contributed by atoms with van der Waals surface area (Å²) in [5, 5.41) is 14.1. The summed E-state index contributed by atoms with van der Waals surface area (Å²) in [6.45, 7) is 0. The van der Waals surface area contributed by atoms with E-state index in [-0.39, 0.29) is 5.57 Å². The Morgan fingerprint density at radius 2 is 1.93 bits per heavy atom. The molecule has 2 aromatic carbocycles. The molecule has 0 radical (unpaired) electrons. The zero-order chi connectivity index (χ0) is 21.1.